The van der Waals surface area contributed by atoms with Gasteiger partial charge in [-0.2, -0.15) is 0 Å². The zero-order valence-corrected chi connectivity index (χ0v) is 16.1. The Kier molecular flexibility index (Phi) is 3.95. The first-order valence-electron chi connectivity index (χ1n) is 7.75. The topological polar surface area (TPSA) is 47.3 Å². The van der Waals surface area contributed by atoms with E-state index in [-0.39, 0.29) is 40.8 Å². The SMILES string of the molecule is Cc1coc2c1C(=O)C(=O)c1c-2ccc2c1CCCC2(C)C.[Na+]. The first-order chi connectivity index (χ1) is 10.4. The van der Waals surface area contributed by atoms with Crippen molar-refractivity contribution in [2.45, 2.75) is 45.4 Å². The molecule has 0 spiro atoms. The number of rotatable bonds is 0. The molecule has 0 unspecified atom stereocenters. The minimum Gasteiger partial charge on any atom is -0.463 e. The van der Waals surface area contributed by atoms with Crippen molar-refractivity contribution in [3.8, 4) is 11.3 Å². The number of carbonyl (C=O) groups excluding carboxylic acids is 2. The number of hydrogen-bond acceptors (Lipinski definition) is 3. The first-order valence-corrected chi connectivity index (χ1v) is 7.75. The van der Waals surface area contributed by atoms with E-state index in [1.54, 1.807) is 13.2 Å². The summed E-state index contributed by atoms with van der Waals surface area (Å²) in [5.41, 5.74) is 4.83. The van der Waals surface area contributed by atoms with Crippen molar-refractivity contribution in [1.29, 1.82) is 0 Å². The number of fused-ring (bicyclic) bond motifs is 5. The molecule has 0 saturated heterocycles. The number of aryl methyl sites for hydroxylation is 1. The van der Waals surface area contributed by atoms with Gasteiger partial charge in [-0.3, -0.25) is 9.59 Å². The summed E-state index contributed by atoms with van der Waals surface area (Å²) < 4.78 is 5.60. The Hall–Kier alpha value is -1.16. The van der Waals surface area contributed by atoms with Gasteiger partial charge in [0, 0.05) is 11.1 Å². The minimum atomic E-state index is -0.425. The standard InChI is InChI=1S/C19H18O3.Na/c1-10-9-22-18-12-6-7-13-11(5-4-8-19(13,2)3)15(12)17(21)16(20)14(10)18;/h6-7,9H,4-5,8H2,1-3H3;/q;+1. The van der Waals surface area contributed by atoms with Crippen molar-refractivity contribution >= 4 is 11.6 Å². The van der Waals surface area contributed by atoms with Gasteiger partial charge >= 0.3 is 29.6 Å². The average molecular weight is 317 g/mol. The maximum absolute atomic E-state index is 12.7. The Morgan fingerprint density at radius 1 is 1.09 bits per heavy atom. The molecule has 4 rings (SSSR count). The van der Waals surface area contributed by atoms with Crippen LogP contribution in [0.3, 0.4) is 0 Å². The summed E-state index contributed by atoms with van der Waals surface area (Å²) in [5, 5.41) is 0. The molecule has 0 bridgehead atoms. The van der Waals surface area contributed by atoms with Crippen LogP contribution in [-0.4, -0.2) is 11.6 Å². The third-order valence-corrected chi connectivity index (χ3v) is 5.15. The third kappa shape index (κ3) is 2.21. The second-order valence-corrected chi connectivity index (χ2v) is 7.03. The van der Waals surface area contributed by atoms with E-state index in [1.807, 2.05) is 6.07 Å². The number of hydrogen-bond donors (Lipinski definition) is 0. The van der Waals surface area contributed by atoms with E-state index in [2.05, 4.69) is 19.9 Å². The molecule has 0 atom stereocenters. The number of ketones is 2. The Bertz CT molecular complexity index is 843. The fourth-order valence-electron chi connectivity index (χ4n) is 3.98. The summed E-state index contributed by atoms with van der Waals surface area (Å²) in [6.07, 6.45) is 4.57. The van der Waals surface area contributed by atoms with E-state index < -0.39 is 5.78 Å². The fraction of sp³-hybridized carbons (Fsp3) is 0.368. The molecule has 1 heterocycles. The maximum atomic E-state index is 12.7. The largest absolute Gasteiger partial charge is 1.00 e. The predicted molar refractivity (Wildman–Crippen MR) is 83.5 cm³/mol. The molecule has 1 aromatic carbocycles. The summed E-state index contributed by atoms with van der Waals surface area (Å²) in [6, 6.07) is 4.06. The maximum Gasteiger partial charge on any atom is 1.00 e. The van der Waals surface area contributed by atoms with E-state index in [0.717, 1.165) is 36.0 Å². The Morgan fingerprint density at radius 3 is 2.52 bits per heavy atom. The Balaban J connectivity index is 0.00000156. The monoisotopic (exact) mass is 317 g/mol. The zero-order valence-electron chi connectivity index (χ0n) is 14.1. The van der Waals surface area contributed by atoms with Crippen molar-refractivity contribution in [2.75, 3.05) is 0 Å². The molecule has 112 valence electrons. The molecule has 2 aliphatic carbocycles. The Morgan fingerprint density at radius 2 is 1.78 bits per heavy atom. The second kappa shape index (κ2) is 5.44. The molecule has 0 fully saturated rings. The molecule has 0 aliphatic heterocycles. The molecule has 3 nitrogen and oxygen atoms in total. The molecule has 23 heavy (non-hydrogen) atoms. The van der Waals surface area contributed by atoms with Gasteiger partial charge in [0.1, 0.15) is 5.76 Å². The van der Waals surface area contributed by atoms with Crippen LogP contribution >= 0.6 is 0 Å². The van der Waals surface area contributed by atoms with Crippen LogP contribution in [0.25, 0.3) is 11.3 Å². The summed E-state index contributed by atoms with van der Waals surface area (Å²) in [7, 11) is 0. The molecule has 2 aromatic rings. The number of Topliss-reactive ketones (excluding diaryl/α,β-unsaturated/α-hetero) is 2. The van der Waals surface area contributed by atoms with Crippen molar-refractivity contribution in [3.63, 3.8) is 0 Å². The van der Waals surface area contributed by atoms with Crippen molar-refractivity contribution < 1.29 is 43.6 Å². The molecule has 1 aromatic heterocycles. The van der Waals surface area contributed by atoms with Crippen molar-refractivity contribution in [2.24, 2.45) is 0 Å². The van der Waals surface area contributed by atoms with Crippen LogP contribution < -0.4 is 29.6 Å². The number of benzene rings is 1. The smallest absolute Gasteiger partial charge is 0.463 e. The normalized spacial score (nSPS) is 17.9. The van der Waals surface area contributed by atoms with Gasteiger partial charge in [-0.05, 0) is 48.3 Å². The zero-order chi connectivity index (χ0) is 15.6. The van der Waals surface area contributed by atoms with Crippen molar-refractivity contribution in [1.82, 2.24) is 0 Å². The molecule has 0 N–H and O–H groups in total. The predicted octanol–water partition coefficient (Wildman–Crippen LogP) is 1.25. The van der Waals surface area contributed by atoms with Gasteiger partial charge in [-0.15, -0.1) is 0 Å². The van der Waals surface area contributed by atoms with Crippen LogP contribution in [0.1, 0.15) is 64.1 Å². The Labute approximate surface area is 157 Å². The van der Waals surface area contributed by atoms with Crippen LogP contribution in [0.15, 0.2) is 22.8 Å². The minimum absolute atomic E-state index is 0. The van der Waals surface area contributed by atoms with E-state index in [1.165, 1.54) is 5.56 Å². The van der Waals surface area contributed by atoms with E-state index in [0.29, 0.717) is 16.9 Å². The molecule has 0 amide bonds. The third-order valence-electron chi connectivity index (χ3n) is 5.15. The van der Waals surface area contributed by atoms with E-state index >= 15 is 0 Å². The molecule has 0 saturated carbocycles. The summed E-state index contributed by atoms with van der Waals surface area (Å²) >= 11 is 0. The van der Waals surface area contributed by atoms with Gasteiger partial charge in [-0.1, -0.05) is 26.0 Å². The van der Waals surface area contributed by atoms with Gasteiger partial charge in [-0.25, -0.2) is 0 Å². The molecular formula is C19H18NaO3+. The van der Waals surface area contributed by atoms with Gasteiger partial charge in [0.15, 0.2) is 0 Å². The van der Waals surface area contributed by atoms with Gasteiger partial charge in [0.05, 0.1) is 11.8 Å². The summed E-state index contributed by atoms with van der Waals surface area (Å²) in [6.45, 7) is 6.21. The summed E-state index contributed by atoms with van der Waals surface area (Å²) in [5.74, 6) is -0.240. The molecule has 0 radical (unpaired) electrons. The number of carbonyl (C=O) groups is 2. The van der Waals surface area contributed by atoms with Crippen LogP contribution in [0, 0.1) is 6.92 Å². The molecule has 4 heteroatoms. The molecule has 2 aliphatic rings. The van der Waals surface area contributed by atoms with Crippen LogP contribution in [0.5, 0.6) is 0 Å². The quantitative estimate of drug-likeness (QED) is 0.543. The van der Waals surface area contributed by atoms with E-state index in [4.69, 9.17) is 4.42 Å². The first kappa shape index (κ1) is 16.7. The fourth-order valence-corrected chi connectivity index (χ4v) is 3.98. The van der Waals surface area contributed by atoms with Gasteiger partial charge < -0.3 is 4.42 Å². The van der Waals surface area contributed by atoms with Crippen LogP contribution in [0.4, 0.5) is 0 Å². The van der Waals surface area contributed by atoms with E-state index in [9.17, 15) is 9.59 Å². The van der Waals surface area contributed by atoms with Gasteiger partial charge in [0.2, 0.25) is 11.6 Å². The average Bonchev–Trinajstić information content (AvgIpc) is 2.86. The molecular weight excluding hydrogens is 299 g/mol. The van der Waals surface area contributed by atoms with Crippen LogP contribution in [0.2, 0.25) is 0 Å². The van der Waals surface area contributed by atoms with Crippen LogP contribution in [-0.2, 0) is 11.8 Å². The summed E-state index contributed by atoms with van der Waals surface area (Å²) in [4.78, 5) is 25.2. The number of furan rings is 1. The second-order valence-electron chi connectivity index (χ2n) is 7.03. The van der Waals surface area contributed by atoms with Gasteiger partial charge in [0.25, 0.3) is 0 Å². The van der Waals surface area contributed by atoms with Crippen molar-refractivity contribution in [3.05, 3.63) is 46.2 Å².